The number of carbonyl (C=O) groups is 1. The molecule has 0 radical (unpaired) electrons. The summed E-state index contributed by atoms with van der Waals surface area (Å²) in [6.07, 6.45) is 1.42. The van der Waals surface area contributed by atoms with Gasteiger partial charge in [0.2, 0.25) is 5.91 Å². The number of anilines is 1. The number of nitriles is 1. The van der Waals surface area contributed by atoms with Crippen molar-refractivity contribution in [3.8, 4) is 6.07 Å². The first-order valence-electron chi connectivity index (χ1n) is 5.55. The minimum absolute atomic E-state index is 0.222. The Labute approximate surface area is 110 Å². The fraction of sp³-hybridized carbons (Fsp3) is 0.385. The van der Waals surface area contributed by atoms with Crippen molar-refractivity contribution in [2.24, 2.45) is 5.92 Å². The van der Waals surface area contributed by atoms with Crippen molar-refractivity contribution < 1.29 is 4.79 Å². The van der Waals surface area contributed by atoms with Crippen LogP contribution in [0.15, 0.2) is 22.7 Å². The molecule has 0 aliphatic rings. The summed E-state index contributed by atoms with van der Waals surface area (Å²) in [7, 11) is 0. The number of amides is 1. The van der Waals surface area contributed by atoms with Gasteiger partial charge in [0.15, 0.2) is 0 Å². The summed E-state index contributed by atoms with van der Waals surface area (Å²) in [5.41, 5.74) is 1.73. The molecule has 1 atom stereocenters. The van der Waals surface area contributed by atoms with E-state index in [0.717, 1.165) is 22.1 Å². The van der Waals surface area contributed by atoms with Crippen LogP contribution in [0.4, 0.5) is 5.69 Å². The van der Waals surface area contributed by atoms with Gasteiger partial charge >= 0.3 is 0 Å². The second-order valence-electron chi connectivity index (χ2n) is 3.92. The summed E-state index contributed by atoms with van der Waals surface area (Å²) in [5.74, 6) is -0.789. The number of aryl methyl sites for hydroxylation is 1. The van der Waals surface area contributed by atoms with Gasteiger partial charge in [-0.2, -0.15) is 5.26 Å². The highest BCUT2D eigenvalue weighted by molar-refractivity contribution is 9.10. The van der Waals surface area contributed by atoms with E-state index < -0.39 is 5.92 Å². The Balaban J connectivity index is 2.77. The minimum atomic E-state index is -0.567. The predicted octanol–water partition coefficient (Wildman–Crippen LogP) is 3.64. The van der Waals surface area contributed by atoms with Crippen LogP contribution < -0.4 is 5.32 Å². The Morgan fingerprint density at radius 3 is 2.82 bits per heavy atom. The van der Waals surface area contributed by atoms with Gasteiger partial charge in [0.1, 0.15) is 5.92 Å². The van der Waals surface area contributed by atoms with Crippen molar-refractivity contribution in [1.82, 2.24) is 0 Å². The van der Waals surface area contributed by atoms with Crippen LogP contribution in [0.1, 0.15) is 25.3 Å². The lowest BCUT2D eigenvalue weighted by Crippen LogP contribution is -2.21. The quantitative estimate of drug-likeness (QED) is 0.922. The summed E-state index contributed by atoms with van der Waals surface area (Å²) in [5, 5.41) is 11.7. The highest BCUT2D eigenvalue weighted by Crippen LogP contribution is 2.21. The Kier molecular flexibility index (Phi) is 5.17. The van der Waals surface area contributed by atoms with Crippen molar-refractivity contribution in [3.05, 3.63) is 28.2 Å². The Morgan fingerprint density at radius 1 is 1.59 bits per heavy atom. The topological polar surface area (TPSA) is 52.9 Å². The summed E-state index contributed by atoms with van der Waals surface area (Å²) in [6.45, 7) is 3.88. The lowest BCUT2D eigenvalue weighted by atomic mass is 10.0. The van der Waals surface area contributed by atoms with E-state index in [1.165, 1.54) is 0 Å². The molecule has 0 heterocycles. The highest BCUT2D eigenvalue weighted by Gasteiger charge is 2.17. The molecule has 1 N–H and O–H groups in total. The number of carbonyl (C=O) groups excluding carboxylic acids is 1. The molecule has 0 fully saturated rings. The monoisotopic (exact) mass is 294 g/mol. The van der Waals surface area contributed by atoms with Gasteiger partial charge in [-0.25, -0.2) is 0 Å². The number of benzene rings is 1. The van der Waals surface area contributed by atoms with Crippen LogP contribution in [0.3, 0.4) is 0 Å². The third kappa shape index (κ3) is 3.86. The smallest absolute Gasteiger partial charge is 0.241 e. The van der Waals surface area contributed by atoms with E-state index in [-0.39, 0.29) is 5.91 Å². The molecule has 1 amide bonds. The van der Waals surface area contributed by atoms with E-state index in [9.17, 15) is 4.79 Å². The molecule has 3 nitrogen and oxygen atoms in total. The number of nitrogens with one attached hydrogen (secondary N) is 1. The summed E-state index contributed by atoms with van der Waals surface area (Å²) in [4.78, 5) is 11.8. The van der Waals surface area contributed by atoms with Gasteiger partial charge in [0, 0.05) is 10.2 Å². The molecular weight excluding hydrogens is 280 g/mol. The fourth-order valence-electron chi connectivity index (χ4n) is 1.53. The first-order valence-corrected chi connectivity index (χ1v) is 6.34. The zero-order chi connectivity index (χ0) is 12.8. The maximum Gasteiger partial charge on any atom is 0.241 e. The number of hydrogen-bond acceptors (Lipinski definition) is 2. The van der Waals surface area contributed by atoms with Crippen molar-refractivity contribution >= 4 is 27.5 Å². The third-order valence-corrected chi connectivity index (χ3v) is 2.99. The molecule has 0 aliphatic heterocycles. The molecule has 1 rings (SSSR count). The molecule has 0 aromatic heterocycles. The minimum Gasteiger partial charge on any atom is -0.325 e. The Hall–Kier alpha value is -1.34. The van der Waals surface area contributed by atoms with Gasteiger partial charge in [-0.1, -0.05) is 29.3 Å². The maximum absolute atomic E-state index is 11.8. The molecule has 17 heavy (non-hydrogen) atoms. The molecule has 0 saturated carbocycles. The van der Waals surface area contributed by atoms with Crippen LogP contribution in [0.5, 0.6) is 0 Å². The molecule has 90 valence electrons. The van der Waals surface area contributed by atoms with E-state index in [2.05, 4.69) is 21.2 Å². The fourth-order valence-corrected chi connectivity index (χ4v) is 2.01. The maximum atomic E-state index is 11.8. The number of halogens is 1. The van der Waals surface area contributed by atoms with Crippen LogP contribution in [0.2, 0.25) is 0 Å². The first kappa shape index (κ1) is 13.7. The second kappa shape index (κ2) is 6.41. The summed E-state index contributed by atoms with van der Waals surface area (Å²) in [6, 6.07) is 7.66. The zero-order valence-electron chi connectivity index (χ0n) is 9.96. The molecular formula is C13H15BrN2O. The van der Waals surface area contributed by atoms with Gasteiger partial charge in [0.05, 0.1) is 6.07 Å². The van der Waals surface area contributed by atoms with Gasteiger partial charge in [-0.15, -0.1) is 0 Å². The first-order chi connectivity index (χ1) is 8.08. The SMILES string of the molecule is CCCC(C#N)C(=O)Nc1ccc(Br)cc1C. The van der Waals surface area contributed by atoms with Crippen LogP contribution in [0.25, 0.3) is 0 Å². The molecule has 0 bridgehead atoms. The van der Waals surface area contributed by atoms with E-state index >= 15 is 0 Å². The summed E-state index contributed by atoms with van der Waals surface area (Å²) < 4.78 is 0.971. The highest BCUT2D eigenvalue weighted by atomic mass is 79.9. The lowest BCUT2D eigenvalue weighted by molar-refractivity contribution is -0.118. The largest absolute Gasteiger partial charge is 0.325 e. The standard InChI is InChI=1S/C13H15BrN2O/c1-3-4-10(8-15)13(17)16-12-6-5-11(14)7-9(12)2/h5-7,10H,3-4H2,1-2H3,(H,16,17). The van der Waals surface area contributed by atoms with E-state index in [4.69, 9.17) is 5.26 Å². The summed E-state index contributed by atoms with van der Waals surface area (Å²) >= 11 is 3.36. The number of nitrogens with zero attached hydrogens (tertiary/aromatic N) is 1. The van der Waals surface area contributed by atoms with Gasteiger partial charge < -0.3 is 5.32 Å². The number of rotatable bonds is 4. The van der Waals surface area contributed by atoms with Crippen molar-refractivity contribution in [1.29, 1.82) is 5.26 Å². The van der Waals surface area contributed by atoms with Crippen molar-refractivity contribution in [3.63, 3.8) is 0 Å². The average Bonchev–Trinajstić information content (AvgIpc) is 2.29. The molecule has 0 spiro atoms. The third-order valence-electron chi connectivity index (χ3n) is 2.50. The molecule has 1 aromatic rings. The van der Waals surface area contributed by atoms with Crippen molar-refractivity contribution in [2.45, 2.75) is 26.7 Å². The molecule has 0 aliphatic carbocycles. The van der Waals surface area contributed by atoms with E-state index in [1.54, 1.807) is 0 Å². The number of hydrogen-bond donors (Lipinski definition) is 1. The van der Waals surface area contributed by atoms with Crippen LogP contribution >= 0.6 is 15.9 Å². The zero-order valence-corrected chi connectivity index (χ0v) is 11.5. The second-order valence-corrected chi connectivity index (χ2v) is 4.83. The van der Waals surface area contributed by atoms with Crippen molar-refractivity contribution in [2.75, 3.05) is 5.32 Å². The molecule has 1 unspecified atom stereocenters. The average molecular weight is 295 g/mol. The van der Waals surface area contributed by atoms with Gasteiger partial charge in [0.25, 0.3) is 0 Å². The van der Waals surface area contributed by atoms with Crippen LogP contribution in [-0.4, -0.2) is 5.91 Å². The molecule has 0 saturated heterocycles. The normalized spacial score (nSPS) is 11.6. The molecule has 4 heteroatoms. The Morgan fingerprint density at radius 2 is 2.29 bits per heavy atom. The molecule has 1 aromatic carbocycles. The van der Waals surface area contributed by atoms with E-state index in [1.807, 2.05) is 38.1 Å². The van der Waals surface area contributed by atoms with Crippen LogP contribution in [0, 0.1) is 24.2 Å². The van der Waals surface area contributed by atoms with Gasteiger partial charge in [-0.05, 0) is 37.1 Å². The van der Waals surface area contributed by atoms with Gasteiger partial charge in [-0.3, -0.25) is 4.79 Å². The Bertz CT molecular complexity index is 451. The predicted molar refractivity (Wildman–Crippen MR) is 71.5 cm³/mol. The van der Waals surface area contributed by atoms with E-state index in [0.29, 0.717) is 6.42 Å². The lowest BCUT2D eigenvalue weighted by Gasteiger charge is -2.11. The van der Waals surface area contributed by atoms with Crippen LogP contribution in [-0.2, 0) is 4.79 Å².